The van der Waals surface area contributed by atoms with Crippen LogP contribution in [0.25, 0.3) is 0 Å². The lowest BCUT2D eigenvalue weighted by atomic mass is 9.87. The molecule has 2 amide bonds. The van der Waals surface area contributed by atoms with Crippen LogP contribution in [0.15, 0.2) is 0 Å². The second kappa shape index (κ2) is 2.77. The van der Waals surface area contributed by atoms with Crippen LogP contribution in [-0.2, 0) is 9.59 Å². The molecule has 68 valence electrons. The minimum Gasteiger partial charge on any atom is -0.345 e. The summed E-state index contributed by atoms with van der Waals surface area (Å²) < 4.78 is 0. The molecule has 4 nitrogen and oxygen atoms in total. The molecule has 1 aliphatic heterocycles. The summed E-state index contributed by atoms with van der Waals surface area (Å²) in [6, 6.07) is 0. The van der Waals surface area contributed by atoms with Crippen LogP contribution >= 0.6 is 0 Å². The molecule has 2 N–H and O–H groups in total. The van der Waals surface area contributed by atoms with Crippen molar-refractivity contribution in [2.24, 2.45) is 5.92 Å². The highest BCUT2D eigenvalue weighted by molar-refractivity contribution is 6.35. The zero-order chi connectivity index (χ0) is 9.35. The van der Waals surface area contributed by atoms with Gasteiger partial charge in [-0.3, -0.25) is 9.59 Å². The van der Waals surface area contributed by atoms with Gasteiger partial charge in [-0.1, -0.05) is 13.8 Å². The molecule has 0 aromatic rings. The lowest BCUT2D eigenvalue weighted by Crippen LogP contribution is -2.65. The molecule has 0 aromatic heterocycles. The van der Waals surface area contributed by atoms with Crippen molar-refractivity contribution in [3.63, 3.8) is 0 Å². The van der Waals surface area contributed by atoms with Crippen LogP contribution in [0, 0.1) is 5.92 Å². The average molecular weight is 170 g/mol. The third kappa shape index (κ3) is 1.42. The van der Waals surface area contributed by atoms with Gasteiger partial charge in [-0.2, -0.15) is 0 Å². The van der Waals surface area contributed by atoms with E-state index in [-0.39, 0.29) is 5.54 Å². The zero-order valence-electron chi connectivity index (χ0n) is 7.60. The first-order chi connectivity index (χ1) is 5.46. The molecule has 12 heavy (non-hydrogen) atoms. The Kier molecular flexibility index (Phi) is 2.08. The standard InChI is InChI=1S/C8H14N2O2/c1-5(2)8(3)4-9-6(11)7(12)10-8/h5H,4H2,1-3H3,(H,9,11)(H,10,12). The zero-order valence-corrected chi connectivity index (χ0v) is 7.60. The molecular formula is C8H14N2O2. The Bertz CT molecular complexity index is 225. The smallest absolute Gasteiger partial charge is 0.309 e. The van der Waals surface area contributed by atoms with E-state index >= 15 is 0 Å². The Morgan fingerprint density at radius 1 is 1.33 bits per heavy atom. The van der Waals surface area contributed by atoms with Crippen molar-refractivity contribution in [2.45, 2.75) is 26.3 Å². The number of piperazine rings is 1. The van der Waals surface area contributed by atoms with Crippen LogP contribution < -0.4 is 10.6 Å². The van der Waals surface area contributed by atoms with E-state index in [1.54, 1.807) is 0 Å². The third-order valence-electron chi connectivity index (χ3n) is 2.50. The highest BCUT2D eigenvalue weighted by Gasteiger charge is 2.36. The van der Waals surface area contributed by atoms with Crippen molar-refractivity contribution in [1.82, 2.24) is 10.6 Å². The highest BCUT2D eigenvalue weighted by Crippen LogP contribution is 2.16. The predicted octanol–water partition coefficient (Wildman–Crippen LogP) is -0.353. The van der Waals surface area contributed by atoms with Gasteiger partial charge in [0.1, 0.15) is 0 Å². The van der Waals surface area contributed by atoms with E-state index in [9.17, 15) is 9.59 Å². The first-order valence-electron chi connectivity index (χ1n) is 4.06. The van der Waals surface area contributed by atoms with Crippen molar-refractivity contribution >= 4 is 11.8 Å². The summed E-state index contributed by atoms with van der Waals surface area (Å²) in [6.45, 7) is 6.46. The van der Waals surface area contributed by atoms with Gasteiger partial charge in [-0.15, -0.1) is 0 Å². The van der Waals surface area contributed by atoms with Crippen molar-refractivity contribution in [3.05, 3.63) is 0 Å². The molecule has 0 aromatic carbocycles. The van der Waals surface area contributed by atoms with Gasteiger partial charge in [-0.25, -0.2) is 0 Å². The molecule has 1 rings (SSSR count). The Morgan fingerprint density at radius 3 is 2.33 bits per heavy atom. The second-order valence-electron chi connectivity index (χ2n) is 3.71. The Morgan fingerprint density at radius 2 is 1.92 bits per heavy atom. The third-order valence-corrected chi connectivity index (χ3v) is 2.50. The quantitative estimate of drug-likeness (QED) is 0.528. The molecule has 0 saturated carbocycles. The molecule has 0 aliphatic carbocycles. The molecule has 1 aliphatic rings. The monoisotopic (exact) mass is 170 g/mol. The molecule has 0 spiro atoms. The molecule has 1 atom stereocenters. The molecule has 1 heterocycles. The van der Waals surface area contributed by atoms with Gasteiger partial charge in [-0.05, 0) is 12.8 Å². The maximum Gasteiger partial charge on any atom is 0.309 e. The summed E-state index contributed by atoms with van der Waals surface area (Å²) in [5, 5.41) is 5.24. The van der Waals surface area contributed by atoms with Crippen LogP contribution in [0.4, 0.5) is 0 Å². The first kappa shape index (κ1) is 9.03. The van der Waals surface area contributed by atoms with E-state index in [4.69, 9.17) is 0 Å². The van der Waals surface area contributed by atoms with Gasteiger partial charge < -0.3 is 10.6 Å². The summed E-state index contributed by atoms with van der Waals surface area (Å²) in [7, 11) is 0. The summed E-state index contributed by atoms with van der Waals surface area (Å²) in [5.41, 5.74) is -0.301. The van der Waals surface area contributed by atoms with E-state index in [2.05, 4.69) is 10.6 Å². The van der Waals surface area contributed by atoms with Crippen molar-refractivity contribution < 1.29 is 9.59 Å². The minimum atomic E-state index is -0.534. The first-order valence-corrected chi connectivity index (χ1v) is 4.06. The van der Waals surface area contributed by atoms with Gasteiger partial charge >= 0.3 is 11.8 Å². The largest absolute Gasteiger partial charge is 0.345 e. The van der Waals surface area contributed by atoms with Gasteiger partial charge in [0, 0.05) is 6.54 Å². The van der Waals surface area contributed by atoms with Crippen LogP contribution in [0.1, 0.15) is 20.8 Å². The van der Waals surface area contributed by atoms with Gasteiger partial charge in [0.25, 0.3) is 0 Å². The SMILES string of the molecule is CC(C)C1(C)CNC(=O)C(=O)N1. The van der Waals surface area contributed by atoms with Crippen molar-refractivity contribution in [2.75, 3.05) is 6.54 Å². The topological polar surface area (TPSA) is 58.2 Å². The van der Waals surface area contributed by atoms with E-state index in [1.807, 2.05) is 20.8 Å². The minimum absolute atomic E-state index is 0.301. The van der Waals surface area contributed by atoms with Crippen LogP contribution in [-0.4, -0.2) is 23.9 Å². The number of rotatable bonds is 1. The maximum atomic E-state index is 11.0. The van der Waals surface area contributed by atoms with Crippen LogP contribution in [0.3, 0.4) is 0 Å². The summed E-state index contributed by atoms with van der Waals surface area (Å²) in [6.07, 6.45) is 0. The fraction of sp³-hybridized carbons (Fsp3) is 0.750. The molecular weight excluding hydrogens is 156 g/mol. The van der Waals surface area contributed by atoms with E-state index in [0.29, 0.717) is 12.5 Å². The summed E-state index contributed by atoms with van der Waals surface area (Å²) in [4.78, 5) is 21.8. The lowest BCUT2D eigenvalue weighted by Gasteiger charge is -2.37. The van der Waals surface area contributed by atoms with E-state index in [0.717, 1.165) is 0 Å². The Hall–Kier alpha value is -1.06. The number of carbonyl (C=O) groups is 2. The molecule has 1 saturated heterocycles. The maximum absolute atomic E-state index is 11.0. The summed E-state index contributed by atoms with van der Waals surface area (Å²) in [5.74, 6) is -0.757. The molecule has 0 bridgehead atoms. The molecule has 1 unspecified atom stereocenters. The number of hydrogen-bond acceptors (Lipinski definition) is 2. The Labute approximate surface area is 71.7 Å². The normalized spacial score (nSPS) is 30.0. The van der Waals surface area contributed by atoms with E-state index in [1.165, 1.54) is 0 Å². The number of amides is 2. The molecule has 0 radical (unpaired) electrons. The number of hydrogen-bond donors (Lipinski definition) is 2. The van der Waals surface area contributed by atoms with Crippen LogP contribution in [0.2, 0.25) is 0 Å². The Balaban J connectivity index is 2.73. The molecule has 4 heteroatoms. The number of nitrogens with one attached hydrogen (secondary N) is 2. The average Bonchev–Trinajstić information content (AvgIpc) is 1.97. The highest BCUT2D eigenvalue weighted by atomic mass is 16.2. The van der Waals surface area contributed by atoms with E-state index < -0.39 is 11.8 Å². The van der Waals surface area contributed by atoms with Crippen LogP contribution in [0.5, 0.6) is 0 Å². The summed E-state index contributed by atoms with van der Waals surface area (Å²) >= 11 is 0. The van der Waals surface area contributed by atoms with Crippen molar-refractivity contribution in [1.29, 1.82) is 0 Å². The van der Waals surface area contributed by atoms with Gasteiger partial charge in [0.05, 0.1) is 5.54 Å². The van der Waals surface area contributed by atoms with Gasteiger partial charge in [0.2, 0.25) is 0 Å². The predicted molar refractivity (Wildman–Crippen MR) is 44.4 cm³/mol. The fourth-order valence-corrected chi connectivity index (χ4v) is 1.05. The van der Waals surface area contributed by atoms with Gasteiger partial charge in [0.15, 0.2) is 0 Å². The molecule has 1 fully saturated rings. The fourth-order valence-electron chi connectivity index (χ4n) is 1.05. The lowest BCUT2D eigenvalue weighted by molar-refractivity contribution is -0.143. The second-order valence-corrected chi connectivity index (χ2v) is 3.71. The van der Waals surface area contributed by atoms with Crippen molar-refractivity contribution in [3.8, 4) is 0 Å². The number of carbonyl (C=O) groups excluding carboxylic acids is 2.